The second-order valence-electron chi connectivity index (χ2n) is 10.4. The van der Waals surface area contributed by atoms with Crippen molar-refractivity contribution in [1.29, 1.82) is 0 Å². The molecule has 2 heteroatoms. The van der Waals surface area contributed by atoms with Crippen LogP contribution in [-0.2, 0) is 6.42 Å². The highest BCUT2D eigenvalue weighted by Gasteiger charge is 2.20. The summed E-state index contributed by atoms with van der Waals surface area (Å²) in [5, 5.41) is 9.67. The second kappa shape index (κ2) is 14.0. The van der Waals surface area contributed by atoms with Crippen LogP contribution >= 0.6 is 0 Å². The maximum Gasteiger partial charge on any atom is 0.126 e. The highest BCUT2D eigenvalue weighted by atomic mass is 16.5. The molecule has 1 heterocycles. The Hall–Kier alpha value is -1.18. The SMILES string of the molecule is CCCC(C)CCCC(C)CCCC(C)C.Cc1c(O)cc2c(c1C)OC(C)CC2. The number of rotatable bonds is 10. The van der Waals surface area contributed by atoms with Crippen molar-refractivity contribution in [3.63, 3.8) is 0 Å². The van der Waals surface area contributed by atoms with Gasteiger partial charge in [0.05, 0.1) is 6.10 Å². The molecule has 0 aliphatic carbocycles. The molecule has 3 atom stereocenters. The van der Waals surface area contributed by atoms with Crippen LogP contribution in [0.3, 0.4) is 0 Å². The Kier molecular flexibility index (Phi) is 12.5. The molecule has 1 N–H and O–H groups in total. The zero-order valence-corrected chi connectivity index (χ0v) is 21.3. The van der Waals surface area contributed by atoms with Gasteiger partial charge in [-0.25, -0.2) is 0 Å². The maximum atomic E-state index is 9.67. The van der Waals surface area contributed by atoms with Crippen molar-refractivity contribution in [2.24, 2.45) is 17.8 Å². The third-order valence-electron chi connectivity index (χ3n) is 6.68. The quantitative estimate of drug-likeness (QED) is 0.411. The summed E-state index contributed by atoms with van der Waals surface area (Å²) in [5.74, 6) is 4.16. The number of phenols is 1. The van der Waals surface area contributed by atoms with E-state index in [9.17, 15) is 5.11 Å². The minimum absolute atomic E-state index is 0.296. The first kappa shape index (κ1) is 26.9. The van der Waals surface area contributed by atoms with Crippen molar-refractivity contribution < 1.29 is 9.84 Å². The van der Waals surface area contributed by atoms with E-state index in [1.54, 1.807) is 0 Å². The molecular weight excluding hydrogens is 368 g/mol. The first-order valence-corrected chi connectivity index (χ1v) is 12.6. The van der Waals surface area contributed by atoms with E-state index < -0.39 is 0 Å². The summed E-state index contributed by atoms with van der Waals surface area (Å²) in [5.41, 5.74) is 3.15. The summed E-state index contributed by atoms with van der Waals surface area (Å²) < 4.78 is 5.79. The molecule has 30 heavy (non-hydrogen) atoms. The standard InChI is InChI=1S/C16H34.C12H16O2/c1-6-9-15(4)12-8-13-16(5)11-7-10-14(2)3;1-7-4-5-10-6-11(13)8(2)9(3)12(10)14-7/h14-16H,6-13H2,1-5H3;6-7,13H,4-5H2,1-3H3. The Morgan fingerprint density at radius 1 is 0.933 bits per heavy atom. The molecule has 0 bridgehead atoms. The molecule has 0 aromatic heterocycles. The minimum atomic E-state index is 0.296. The predicted octanol–water partition coefficient (Wildman–Crippen LogP) is 8.78. The van der Waals surface area contributed by atoms with Crippen LogP contribution in [0.25, 0.3) is 0 Å². The lowest BCUT2D eigenvalue weighted by atomic mass is 9.92. The van der Waals surface area contributed by atoms with E-state index in [-0.39, 0.29) is 0 Å². The lowest BCUT2D eigenvalue weighted by molar-refractivity contribution is 0.190. The molecule has 0 spiro atoms. The smallest absolute Gasteiger partial charge is 0.126 e. The number of aryl methyl sites for hydroxylation is 1. The molecule has 2 rings (SSSR count). The summed E-state index contributed by atoms with van der Waals surface area (Å²) in [7, 11) is 0. The average molecular weight is 419 g/mol. The largest absolute Gasteiger partial charge is 0.508 e. The van der Waals surface area contributed by atoms with Crippen LogP contribution in [0.1, 0.15) is 116 Å². The molecule has 1 aliphatic heterocycles. The average Bonchev–Trinajstić information content (AvgIpc) is 2.67. The summed E-state index contributed by atoms with van der Waals surface area (Å²) >= 11 is 0. The molecule has 0 saturated carbocycles. The van der Waals surface area contributed by atoms with Gasteiger partial charge < -0.3 is 9.84 Å². The van der Waals surface area contributed by atoms with Gasteiger partial charge in [0.15, 0.2) is 0 Å². The van der Waals surface area contributed by atoms with Crippen molar-refractivity contribution >= 4 is 0 Å². The third-order valence-corrected chi connectivity index (χ3v) is 6.68. The molecule has 0 saturated heterocycles. The maximum absolute atomic E-state index is 9.67. The van der Waals surface area contributed by atoms with E-state index in [2.05, 4.69) is 41.5 Å². The van der Waals surface area contributed by atoms with E-state index in [4.69, 9.17) is 4.74 Å². The van der Waals surface area contributed by atoms with Gasteiger partial charge in [-0.15, -0.1) is 0 Å². The summed E-state index contributed by atoms with van der Waals surface area (Å²) in [6.45, 7) is 17.8. The van der Waals surface area contributed by atoms with Crippen molar-refractivity contribution in [1.82, 2.24) is 0 Å². The summed E-state index contributed by atoms with van der Waals surface area (Å²) in [6, 6.07) is 1.84. The van der Waals surface area contributed by atoms with Gasteiger partial charge in [-0.3, -0.25) is 0 Å². The van der Waals surface area contributed by atoms with E-state index in [0.717, 1.165) is 53.0 Å². The number of fused-ring (bicyclic) bond motifs is 1. The Morgan fingerprint density at radius 3 is 2.07 bits per heavy atom. The van der Waals surface area contributed by atoms with Gasteiger partial charge in [0.25, 0.3) is 0 Å². The van der Waals surface area contributed by atoms with Crippen LogP contribution in [-0.4, -0.2) is 11.2 Å². The lowest BCUT2D eigenvalue weighted by Gasteiger charge is -2.26. The molecule has 1 aliphatic rings. The summed E-state index contributed by atoms with van der Waals surface area (Å²) in [4.78, 5) is 0. The first-order valence-electron chi connectivity index (χ1n) is 12.6. The first-order chi connectivity index (χ1) is 14.1. The molecule has 3 unspecified atom stereocenters. The summed E-state index contributed by atoms with van der Waals surface area (Å²) in [6.07, 6.45) is 13.7. The van der Waals surface area contributed by atoms with Crippen LogP contribution in [0.15, 0.2) is 6.07 Å². The predicted molar refractivity (Wildman–Crippen MR) is 132 cm³/mol. The Labute approximate surface area is 187 Å². The molecule has 0 radical (unpaired) electrons. The molecule has 0 amide bonds. The van der Waals surface area contributed by atoms with E-state index in [0.29, 0.717) is 11.9 Å². The van der Waals surface area contributed by atoms with Gasteiger partial charge in [0.2, 0.25) is 0 Å². The van der Waals surface area contributed by atoms with Gasteiger partial charge in [-0.1, -0.05) is 86.0 Å². The van der Waals surface area contributed by atoms with Gasteiger partial charge in [-0.2, -0.15) is 0 Å². The molecule has 1 aromatic carbocycles. The molecule has 0 fully saturated rings. The molecule has 1 aromatic rings. The normalized spacial score (nSPS) is 17.6. The van der Waals surface area contributed by atoms with Gasteiger partial charge in [0.1, 0.15) is 11.5 Å². The highest BCUT2D eigenvalue weighted by molar-refractivity contribution is 5.52. The molecule has 2 nitrogen and oxygen atoms in total. The third kappa shape index (κ3) is 9.75. The van der Waals surface area contributed by atoms with Gasteiger partial charge in [0, 0.05) is 0 Å². The van der Waals surface area contributed by atoms with Crippen molar-refractivity contribution in [3.05, 3.63) is 22.8 Å². The zero-order chi connectivity index (χ0) is 22.7. The number of phenolic OH excluding ortho intramolecular Hbond substituents is 1. The number of hydrogen-bond acceptors (Lipinski definition) is 2. The Bertz CT molecular complexity index is 605. The van der Waals surface area contributed by atoms with Gasteiger partial charge >= 0.3 is 0 Å². The Balaban J connectivity index is 0.000000301. The van der Waals surface area contributed by atoms with Crippen LogP contribution in [0.4, 0.5) is 0 Å². The zero-order valence-electron chi connectivity index (χ0n) is 21.3. The van der Waals surface area contributed by atoms with Crippen LogP contribution in [0.5, 0.6) is 11.5 Å². The number of benzene rings is 1. The van der Waals surface area contributed by atoms with Crippen LogP contribution in [0.2, 0.25) is 0 Å². The fourth-order valence-electron chi connectivity index (χ4n) is 4.38. The number of hydrogen-bond donors (Lipinski definition) is 1. The van der Waals surface area contributed by atoms with E-state index >= 15 is 0 Å². The highest BCUT2D eigenvalue weighted by Crippen LogP contribution is 2.37. The number of ether oxygens (including phenoxy) is 1. The van der Waals surface area contributed by atoms with Crippen LogP contribution in [0, 0.1) is 31.6 Å². The van der Waals surface area contributed by atoms with Crippen molar-refractivity contribution in [2.45, 2.75) is 126 Å². The van der Waals surface area contributed by atoms with Crippen molar-refractivity contribution in [3.8, 4) is 11.5 Å². The fourth-order valence-corrected chi connectivity index (χ4v) is 4.38. The molecular formula is C28H50O2. The Morgan fingerprint density at radius 2 is 1.50 bits per heavy atom. The minimum Gasteiger partial charge on any atom is -0.508 e. The topological polar surface area (TPSA) is 29.5 Å². The van der Waals surface area contributed by atoms with E-state index in [1.165, 1.54) is 51.4 Å². The molecule has 174 valence electrons. The van der Waals surface area contributed by atoms with Gasteiger partial charge in [-0.05, 0) is 74.1 Å². The monoisotopic (exact) mass is 418 g/mol. The van der Waals surface area contributed by atoms with Crippen LogP contribution < -0.4 is 4.74 Å². The lowest BCUT2D eigenvalue weighted by Crippen LogP contribution is -2.19. The van der Waals surface area contributed by atoms with Crippen molar-refractivity contribution in [2.75, 3.05) is 0 Å². The fraction of sp³-hybridized carbons (Fsp3) is 0.786. The second-order valence-corrected chi connectivity index (χ2v) is 10.4. The number of aromatic hydroxyl groups is 1. The van der Waals surface area contributed by atoms with E-state index in [1.807, 2.05) is 19.9 Å².